The number of hydrogen-bond donors (Lipinski definition) is 0. The second-order valence-corrected chi connectivity index (χ2v) is 7.70. The van der Waals surface area contributed by atoms with E-state index < -0.39 is 0 Å². The van der Waals surface area contributed by atoms with Crippen LogP contribution in [0.2, 0.25) is 0 Å². The molecule has 2 aliphatic rings. The second kappa shape index (κ2) is 6.58. The number of rotatable bonds is 3. The molecule has 0 radical (unpaired) electrons. The van der Waals surface area contributed by atoms with Crippen molar-refractivity contribution in [3.05, 3.63) is 48.5 Å². The van der Waals surface area contributed by atoms with E-state index in [2.05, 4.69) is 65.3 Å². The zero-order valence-corrected chi connectivity index (χ0v) is 14.6. The van der Waals surface area contributed by atoms with Gasteiger partial charge in [0, 0.05) is 22.4 Å². The van der Waals surface area contributed by atoms with Crippen molar-refractivity contribution in [2.24, 2.45) is 0 Å². The average molecular weight is 324 g/mol. The molecular weight excluding hydrogens is 300 g/mol. The number of nitrogens with zero attached hydrogens (tertiary/aromatic N) is 2. The number of para-hydroxylation sites is 2. The molecule has 1 atom stereocenters. The minimum atomic E-state index is 0.483. The Morgan fingerprint density at radius 1 is 0.870 bits per heavy atom. The molecule has 2 heterocycles. The third-order valence-electron chi connectivity index (χ3n) is 4.88. The Bertz CT molecular complexity index is 633. The molecule has 3 heteroatoms. The highest BCUT2D eigenvalue weighted by atomic mass is 32.2. The monoisotopic (exact) mass is 324 g/mol. The summed E-state index contributed by atoms with van der Waals surface area (Å²) in [5, 5.41) is 0. The number of hydrogen-bond acceptors (Lipinski definition) is 3. The lowest BCUT2D eigenvalue weighted by Gasteiger charge is -2.40. The van der Waals surface area contributed by atoms with Crippen LogP contribution >= 0.6 is 11.8 Å². The van der Waals surface area contributed by atoms with Gasteiger partial charge in [-0.25, -0.2) is 0 Å². The van der Waals surface area contributed by atoms with Crippen molar-refractivity contribution in [2.75, 3.05) is 24.5 Å². The molecule has 4 rings (SSSR count). The van der Waals surface area contributed by atoms with Crippen molar-refractivity contribution in [3.8, 4) is 0 Å². The molecule has 1 fully saturated rings. The Morgan fingerprint density at radius 3 is 2.04 bits per heavy atom. The summed E-state index contributed by atoms with van der Waals surface area (Å²) < 4.78 is 0. The fraction of sp³-hybridized carbons (Fsp3) is 0.400. The van der Waals surface area contributed by atoms with Crippen LogP contribution in [0.4, 0.5) is 11.4 Å². The minimum absolute atomic E-state index is 0.483. The first-order valence-corrected chi connectivity index (χ1v) is 9.52. The maximum atomic E-state index is 2.64. The minimum Gasteiger partial charge on any atom is -0.335 e. The van der Waals surface area contributed by atoms with E-state index in [0.717, 1.165) is 6.54 Å². The van der Waals surface area contributed by atoms with E-state index in [4.69, 9.17) is 0 Å². The van der Waals surface area contributed by atoms with Gasteiger partial charge >= 0.3 is 0 Å². The molecule has 0 amide bonds. The molecule has 1 saturated heterocycles. The van der Waals surface area contributed by atoms with Crippen LogP contribution in [0.1, 0.15) is 26.2 Å². The maximum absolute atomic E-state index is 2.64. The summed E-state index contributed by atoms with van der Waals surface area (Å²) >= 11 is 1.89. The average Bonchev–Trinajstić information content (AvgIpc) is 2.60. The van der Waals surface area contributed by atoms with Crippen LogP contribution in [0.3, 0.4) is 0 Å². The molecule has 0 aliphatic carbocycles. The van der Waals surface area contributed by atoms with Gasteiger partial charge in [0.15, 0.2) is 0 Å². The largest absolute Gasteiger partial charge is 0.335 e. The molecule has 1 unspecified atom stereocenters. The molecule has 0 bridgehead atoms. The first-order valence-electron chi connectivity index (χ1n) is 8.70. The van der Waals surface area contributed by atoms with Gasteiger partial charge in [-0.3, -0.25) is 0 Å². The molecule has 0 saturated carbocycles. The Hall–Kier alpha value is -1.45. The molecule has 23 heavy (non-hydrogen) atoms. The summed E-state index contributed by atoms with van der Waals surface area (Å²) in [6, 6.07) is 18.1. The SMILES string of the molecule is CC(CN1CCCCC1)N1c2ccccc2Sc2ccccc21. The lowest BCUT2D eigenvalue weighted by Crippen LogP contribution is -2.42. The summed E-state index contributed by atoms with van der Waals surface area (Å²) in [5.74, 6) is 0. The number of benzene rings is 2. The van der Waals surface area contributed by atoms with Crippen molar-refractivity contribution in [1.82, 2.24) is 4.90 Å². The molecular formula is C20H24N2S. The van der Waals surface area contributed by atoms with Crippen molar-refractivity contribution < 1.29 is 0 Å². The van der Waals surface area contributed by atoms with E-state index in [1.165, 1.54) is 53.5 Å². The number of piperidine rings is 1. The molecule has 2 aromatic rings. The van der Waals surface area contributed by atoms with E-state index >= 15 is 0 Å². The summed E-state index contributed by atoms with van der Waals surface area (Å²) in [4.78, 5) is 7.94. The Kier molecular flexibility index (Phi) is 4.32. The zero-order valence-electron chi connectivity index (χ0n) is 13.7. The van der Waals surface area contributed by atoms with Gasteiger partial charge < -0.3 is 9.80 Å². The van der Waals surface area contributed by atoms with Gasteiger partial charge in [0.2, 0.25) is 0 Å². The normalized spacial score (nSPS) is 19.1. The summed E-state index contributed by atoms with van der Waals surface area (Å²) in [7, 11) is 0. The molecule has 0 N–H and O–H groups in total. The van der Waals surface area contributed by atoms with Gasteiger partial charge in [0.25, 0.3) is 0 Å². The maximum Gasteiger partial charge on any atom is 0.0555 e. The standard InChI is InChI=1S/C20H24N2S/c1-16(15-21-13-7-2-8-14-21)22-17-9-3-5-11-19(17)23-20-12-6-4-10-18(20)22/h3-6,9-12,16H,2,7-8,13-15H2,1H3. The molecule has 2 aliphatic heterocycles. The Morgan fingerprint density at radius 2 is 1.43 bits per heavy atom. The van der Waals surface area contributed by atoms with Gasteiger partial charge in [-0.1, -0.05) is 42.4 Å². The van der Waals surface area contributed by atoms with Crippen LogP contribution in [0.25, 0.3) is 0 Å². The Labute approximate surface area is 143 Å². The molecule has 2 nitrogen and oxygen atoms in total. The van der Waals surface area contributed by atoms with Crippen LogP contribution in [-0.4, -0.2) is 30.6 Å². The summed E-state index contributed by atoms with van der Waals surface area (Å²) in [6.07, 6.45) is 4.11. The smallest absolute Gasteiger partial charge is 0.0555 e. The second-order valence-electron chi connectivity index (χ2n) is 6.62. The van der Waals surface area contributed by atoms with E-state index in [1.807, 2.05) is 11.8 Å². The van der Waals surface area contributed by atoms with Crippen LogP contribution in [0.5, 0.6) is 0 Å². The highest BCUT2D eigenvalue weighted by molar-refractivity contribution is 7.99. The predicted octanol–water partition coefficient (Wildman–Crippen LogP) is 5.16. The highest BCUT2D eigenvalue weighted by Crippen LogP contribution is 2.48. The van der Waals surface area contributed by atoms with Crippen LogP contribution in [0, 0.1) is 0 Å². The zero-order chi connectivity index (χ0) is 15.6. The lowest BCUT2D eigenvalue weighted by molar-refractivity contribution is 0.219. The van der Waals surface area contributed by atoms with Gasteiger partial charge in [-0.05, 0) is 57.1 Å². The third-order valence-corrected chi connectivity index (χ3v) is 6.01. The van der Waals surface area contributed by atoms with Crippen LogP contribution in [-0.2, 0) is 0 Å². The topological polar surface area (TPSA) is 6.48 Å². The van der Waals surface area contributed by atoms with Crippen LogP contribution < -0.4 is 4.90 Å². The molecule has 0 spiro atoms. The van der Waals surface area contributed by atoms with E-state index in [0.29, 0.717) is 6.04 Å². The summed E-state index contributed by atoms with van der Waals surface area (Å²) in [5.41, 5.74) is 2.72. The highest BCUT2D eigenvalue weighted by Gasteiger charge is 2.27. The molecule has 120 valence electrons. The molecule has 0 aromatic heterocycles. The first kappa shape index (κ1) is 15.1. The van der Waals surface area contributed by atoms with Gasteiger partial charge in [0.05, 0.1) is 11.4 Å². The quantitative estimate of drug-likeness (QED) is 0.769. The van der Waals surface area contributed by atoms with Crippen molar-refractivity contribution >= 4 is 23.1 Å². The van der Waals surface area contributed by atoms with Gasteiger partial charge in [0.1, 0.15) is 0 Å². The Balaban J connectivity index is 1.66. The number of likely N-dealkylation sites (tertiary alicyclic amines) is 1. The van der Waals surface area contributed by atoms with Crippen molar-refractivity contribution in [1.29, 1.82) is 0 Å². The van der Waals surface area contributed by atoms with Gasteiger partial charge in [-0.2, -0.15) is 0 Å². The number of anilines is 2. The van der Waals surface area contributed by atoms with Crippen molar-refractivity contribution in [3.63, 3.8) is 0 Å². The van der Waals surface area contributed by atoms with Crippen LogP contribution in [0.15, 0.2) is 58.3 Å². The first-order chi connectivity index (χ1) is 11.3. The van der Waals surface area contributed by atoms with E-state index in [1.54, 1.807) is 0 Å². The molecule has 2 aromatic carbocycles. The van der Waals surface area contributed by atoms with E-state index in [-0.39, 0.29) is 0 Å². The third kappa shape index (κ3) is 3.00. The van der Waals surface area contributed by atoms with Gasteiger partial charge in [-0.15, -0.1) is 0 Å². The lowest BCUT2D eigenvalue weighted by atomic mass is 10.1. The predicted molar refractivity (Wildman–Crippen MR) is 98.9 cm³/mol. The van der Waals surface area contributed by atoms with Crippen molar-refractivity contribution in [2.45, 2.75) is 42.0 Å². The van der Waals surface area contributed by atoms with E-state index in [9.17, 15) is 0 Å². The fourth-order valence-corrected chi connectivity index (χ4v) is 4.88. The summed E-state index contributed by atoms with van der Waals surface area (Å²) in [6.45, 7) is 6.04. The fourth-order valence-electron chi connectivity index (χ4n) is 3.81. The number of fused-ring (bicyclic) bond motifs is 2.